The number of hydrogen-bond donors (Lipinski definition) is 0. The Hall–Kier alpha value is 4.17. The van der Waals surface area contributed by atoms with Crippen molar-refractivity contribution in [1.82, 2.24) is 0 Å². The minimum Gasteiger partial charge on any atom is -0.907 e. The van der Waals surface area contributed by atoms with E-state index in [1.54, 1.807) is 0 Å². The Bertz CT molecular complexity index is 19.7. The van der Waals surface area contributed by atoms with E-state index >= 15 is 0 Å². The molecule has 7 heavy (non-hydrogen) atoms. The summed E-state index contributed by atoms with van der Waals surface area (Å²) < 4.78 is 0. The predicted octanol–water partition coefficient (Wildman–Crippen LogP) is -10.3. The quantitative estimate of drug-likeness (QED) is 0.413. The van der Waals surface area contributed by atoms with E-state index in [1.807, 2.05) is 0 Å². The average molecular weight is 336 g/mol. The zero-order chi connectivity index (χ0) is 3.58. The minimum absolute atomic E-state index is 0. The Morgan fingerprint density at radius 1 is 1.00 bits per heavy atom. The first kappa shape index (κ1) is 22.5. The van der Waals surface area contributed by atoms with Crippen molar-refractivity contribution in [1.29, 1.82) is 0 Å². The summed E-state index contributed by atoms with van der Waals surface area (Å²) in [5.74, 6) is 0. The SMILES string of the molecule is [Ba+2].[Cs+].[Li+].[O-]B([O-])[O-]. The molecule has 0 aromatic rings. The number of hydrogen-bond acceptors (Lipinski definition) is 3. The van der Waals surface area contributed by atoms with Gasteiger partial charge in [-0.05, 0) is 0 Å². The molecule has 0 N–H and O–H groups in total. The van der Waals surface area contributed by atoms with Crippen LogP contribution in [0.3, 0.4) is 0 Å². The van der Waals surface area contributed by atoms with Crippen molar-refractivity contribution in [2.45, 2.75) is 0 Å². The Balaban J connectivity index is -0.0000000150. The third-order valence-electron chi connectivity index (χ3n) is 0. The standard InChI is InChI=1S/BO3.Ba.Cs.Li/c2-1(3)4;;;/q-3;+2;2*+1. The van der Waals surface area contributed by atoms with Gasteiger partial charge in [0.2, 0.25) is 0 Å². The first-order chi connectivity index (χ1) is 1.73. The van der Waals surface area contributed by atoms with E-state index in [0.29, 0.717) is 0 Å². The van der Waals surface area contributed by atoms with Gasteiger partial charge in [0.05, 0.1) is 0 Å². The van der Waals surface area contributed by atoms with Crippen LogP contribution in [0.1, 0.15) is 0 Å². The molecule has 0 bridgehead atoms. The Morgan fingerprint density at radius 3 is 1.00 bits per heavy atom. The van der Waals surface area contributed by atoms with Gasteiger partial charge in [-0.2, -0.15) is 0 Å². The van der Waals surface area contributed by atoms with Gasteiger partial charge in [0.25, 0.3) is 0 Å². The second kappa shape index (κ2) is 16.6. The fraction of sp³-hybridized carbons (Fsp3) is 0. The second-order valence-corrected chi connectivity index (χ2v) is 0.289. The molecule has 0 saturated carbocycles. The van der Waals surface area contributed by atoms with Gasteiger partial charge in [0.1, 0.15) is 0 Å². The maximum atomic E-state index is 8.42. The molecule has 0 aromatic carbocycles. The Kier molecular flexibility index (Phi) is 53.4. The first-order valence-electron chi connectivity index (χ1n) is 0.707. The van der Waals surface area contributed by atoms with E-state index < -0.39 is 7.32 Å². The van der Waals surface area contributed by atoms with Crippen LogP contribution in [0.15, 0.2) is 0 Å². The summed E-state index contributed by atoms with van der Waals surface area (Å²) in [7, 11) is -2.92. The van der Waals surface area contributed by atoms with Crippen LogP contribution >= 0.6 is 0 Å². The van der Waals surface area contributed by atoms with E-state index in [0.717, 1.165) is 0 Å². The fourth-order valence-corrected chi connectivity index (χ4v) is 0. The summed E-state index contributed by atoms with van der Waals surface area (Å²) in [5, 5.41) is 25.2. The molecule has 0 fully saturated rings. The zero-order valence-corrected chi connectivity index (χ0v) is 15.2. The van der Waals surface area contributed by atoms with Crippen LogP contribution in [-0.4, -0.2) is 56.2 Å². The van der Waals surface area contributed by atoms with Crippen molar-refractivity contribution in [3.8, 4) is 0 Å². The normalized spacial score (nSPS) is 3.86. The molecule has 0 amide bonds. The number of rotatable bonds is 0. The largest absolute Gasteiger partial charge is 2.00 e. The van der Waals surface area contributed by atoms with Gasteiger partial charge in [-0.1, -0.05) is 0 Å². The maximum absolute atomic E-state index is 8.42. The van der Waals surface area contributed by atoms with Crippen LogP contribution in [0, 0.1) is 0 Å². The average Bonchev–Trinajstić information content (AvgIpc) is 0.811. The molecule has 0 spiro atoms. The van der Waals surface area contributed by atoms with Crippen LogP contribution in [0.2, 0.25) is 0 Å². The third kappa shape index (κ3) is 39.1. The van der Waals surface area contributed by atoms with Gasteiger partial charge in [-0.25, -0.2) is 0 Å². The summed E-state index contributed by atoms with van der Waals surface area (Å²) in [6.45, 7) is 0. The maximum Gasteiger partial charge on any atom is 2.00 e. The van der Waals surface area contributed by atoms with Crippen molar-refractivity contribution < 1.29 is 103 Å². The van der Waals surface area contributed by atoms with Crippen molar-refractivity contribution in [3.05, 3.63) is 0 Å². The van der Waals surface area contributed by atoms with Crippen LogP contribution in [0.25, 0.3) is 0 Å². The molecule has 0 unspecified atom stereocenters. The molecule has 0 aliphatic carbocycles. The molecule has 7 heteroatoms. The fourth-order valence-electron chi connectivity index (χ4n) is 0. The molecule has 3 nitrogen and oxygen atoms in total. The smallest absolute Gasteiger partial charge is 0.907 e. The van der Waals surface area contributed by atoms with E-state index in [-0.39, 0.29) is 137 Å². The Morgan fingerprint density at radius 2 is 1.00 bits per heavy atom. The van der Waals surface area contributed by atoms with Gasteiger partial charge >= 0.3 is 137 Å². The van der Waals surface area contributed by atoms with Gasteiger partial charge < -0.3 is 15.1 Å². The predicted molar refractivity (Wildman–Crippen MR) is 11.5 cm³/mol. The van der Waals surface area contributed by atoms with Gasteiger partial charge in [-0.15, -0.1) is 0 Å². The van der Waals surface area contributed by atoms with Gasteiger partial charge in [0, 0.05) is 0 Å². The topological polar surface area (TPSA) is 69.2 Å². The molecule has 0 rings (SSSR count). The van der Waals surface area contributed by atoms with E-state index in [1.165, 1.54) is 0 Å². The molecule has 24 valence electrons. The summed E-state index contributed by atoms with van der Waals surface area (Å²) in [5.41, 5.74) is 0. The Labute approximate surface area is 154 Å². The molecule has 0 aliphatic heterocycles. The van der Waals surface area contributed by atoms with E-state index in [9.17, 15) is 0 Å². The zero-order valence-electron chi connectivity index (χ0n) is 4.51. The third-order valence-corrected chi connectivity index (χ3v) is 0. The molecule has 0 saturated heterocycles. The molecule has 0 radical (unpaired) electrons. The molecule has 0 atom stereocenters. The summed E-state index contributed by atoms with van der Waals surface area (Å²) in [6, 6.07) is 0. The summed E-state index contributed by atoms with van der Waals surface area (Å²) >= 11 is 0. The van der Waals surface area contributed by atoms with E-state index in [2.05, 4.69) is 0 Å². The second-order valence-electron chi connectivity index (χ2n) is 0.289. The van der Waals surface area contributed by atoms with Crippen LogP contribution in [0.5, 0.6) is 0 Å². The van der Waals surface area contributed by atoms with Crippen molar-refractivity contribution in [2.75, 3.05) is 0 Å². The minimum atomic E-state index is -2.92. The summed E-state index contributed by atoms with van der Waals surface area (Å²) in [6.07, 6.45) is 0. The van der Waals surface area contributed by atoms with Crippen molar-refractivity contribution in [2.24, 2.45) is 0 Å². The first-order valence-corrected chi connectivity index (χ1v) is 0.707. The van der Waals surface area contributed by atoms with Crippen molar-refractivity contribution >= 4 is 56.2 Å². The van der Waals surface area contributed by atoms with Gasteiger partial charge in [-0.3, -0.25) is 7.32 Å². The molecule has 0 aliphatic rings. The molecular weight excluding hydrogens is 336 g/mol. The van der Waals surface area contributed by atoms with Crippen LogP contribution < -0.4 is 103 Å². The van der Waals surface area contributed by atoms with Crippen LogP contribution in [0.4, 0.5) is 0 Å². The molecular formula is BBaCsLiO3+. The van der Waals surface area contributed by atoms with Crippen molar-refractivity contribution in [3.63, 3.8) is 0 Å². The van der Waals surface area contributed by atoms with Gasteiger partial charge in [0.15, 0.2) is 0 Å². The summed E-state index contributed by atoms with van der Waals surface area (Å²) in [4.78, 5) is 0. The monoisotopic (exact) mass is 337 g/mol. The van der Waals surface area contributed by atoms with E-state index in [4.69, 9.17) is 15.1 Å². The molecule has 0 aromatic heterocycles. The molecule has 0 heterocycles. The van der Waals surface area contributed by atoms with Crippen LogP contribution in [-0.2, 0) is 0 Å².